The molecule has 1 saturated heterocycles. The highest BCUT2D eigenvalue weighted by atomic mass is 16.2. The zero-order chi connectivity index (χ0) is 18.5. The van der Waals surface area contributed by atoms with Gasteiger partial charge in [0.1, 0.15) is 0 Å². The predicted octanol–water partition coefficient (Wildman–Crippen LogP) is 3.84. The Morgan fingerprint density at radius 3 is 2.19 bits per heavy atom. The fourth-order valence-corrected chi connectivity index (χ4v) is 3.27. The molecule has 0 spiro atoms. The van der Waals surface area contributed by atoms with Crippen LogP contribution in [-0.4, -0.2) is 29.8 Å². The zero-order valence-electron chi connectivity index (χ0n) is 15.1. The van der Waals surface area contributed by atoms with Crippen LogP contribution in [0.3, 0.4) is 0 Å². The van der Waals surface area contributed by atoms with Crippen LogP contribution in [0.1, 0.15) is 28.8 Å². The Kier molecular flexibility index (Phi) is 5.01. The summed E-state index contributed by atoms with van der Waals surface area (Å²) >= 11 is 0. The van der Waals surface area contributed by atoms with E-state index in [1.165, 1.54) is 18.5 Å². The molecule has 0 radical (unpaired) electrons. The molecule has 2 aromatic carbocycles. The van der Waals surface area contributed by atoms with E-state index in [0.717, 1.165) is 24.3 Å². The zero-order valence-corrected chi connectivity index (χ0v) is 15.1. The van der Waals surface area contributed by atoms with E-state index in [1.54, 1.807) is 18.3 Å². The van der Waals surface area contributed by atoms with Gasteiger partial charge in [-0.15, -0.1) is 0 Å². The van der Waals surface area contributed by atoms with Crippen LogP contribution in [0, 0.1) is 0 Å². The quantitative estimate of drug-likeness (QED) is 0.556. The molecule has 1 N–H and O–H groups in total. The van der Waals surface area contributed by atoms with E-state index in [1.807, 2.05) is 53.4 Å². The molecule has 27 heavy (non-hydrogen) atoms. The number of anilines is 1. The van der Waals surface area contributed by atoms with E-state index in [2.05, 4.69) is 27.6 Å². The molecule has 2 heterocycles. The van der Waals surface area contributed by atoms with Crippen LogP contribution in [0.25, 0.3) is 5.69 Å². The van der Waals surface area contributed by atoms with Crippen LogP contribution in [0.5, 0.6) is 0 Å². The average molecular weight is 358 g/mol. The molecule has 1 fully saturated rings. The molecule has 3 aromatic rings. The lowest BCUT2D eigenvalue weighted by Gasteiger charge is -2.17. The Morgan fingerprint density at radius 1 is 0.889 bits per heavy atom. The highest BCUT2D eigenvalue weighted by Gasteiger charge is 2.11. The molecule has 0 aliphatic carbocycles. The summed E-state index contributed by atoms with van der Waals surface area (Å²) in [6, 6.07) is 19.6. The minimum Gasteiger partial charge on any atom is -0.372 e. The maximum absolute atomic E-state index is 12.2. The molecule has 1 aliphatic heterocycles. The van der Waals surface area contributed by atoms with Gasteiger partial charge in [-0.05, 0) is 66.9 Å². The van der Waals surface area contributed by atoms with Crippen molar-refractivity contribution in [2.24, 2.45) is 5.10 Å². The molecule has 0 unspecified atom stereocenters. The van der Waals surface area contributed by atoms with E-state index in [4.69, 9.17) is 0 Å². The van der Waals surface area contributed by atoms with Gasteiger partial charge in [0, 0.05) is 42.4 Å². The van der Waals surface area contributed by atoms with Crippen molar-refractivity contribution in [3.05, 3.63) is 84.2 Å². The van der Waals surface area contributed by atoms with Crippen LogP contribution in [0.2, 0.25) is 0 Å². The van der Waals surface area contributed by atoms with Gasteiger partial charge < -0.3 is 9.47 Å². The van der Waals surface area contributed by atoms with Crippen LogP contribution < -0.4 is 10.3 Å². The molecular weight excluding hydrogens is 336 g/mol. The Labute approximate surface area is 158 Å². The fraction of sp³-hybridized carbons (Fsp3) is 0.182. The number of hydrazone groups is 1. The van der Waals surface area contributed by atoms with E-state index >= 15 is 0 Å². The third-order valence-corrected chi connectivity index (χ3v) is 4.78. The Bertz CT molecular complexity index is 906. The first-order chi connectivity index (χ1) is 13.3. The van der Waals surface area contributed by atoms with Crippen LogP contribution in [0.15, 0.2) is 78.2 Å². The molecular formula is C22H22N4O. The summed E-state index contributed by atoms with van der Waals surface area (Å²) in [6.07, 6.45) is 8.13. The number of benzene rings is 2. The van der Waals surface area contributed by atoms with E-state index in [9.17, 15) is 4.79 Å². The first-order valence-corrected chi connectivity index (χ1v) is 9.21. The van der Waals surface area contributed by atoms with Crippen LogP contribution in [-0.2, 0) is 0 Å². The van der Waals surface area contributed by atoms with Gasteiger partial charge in [0.05, 0.1) is 6.21 Å². The molecule has 1 aliphatic rings. The van der Waals surface area contributed by atoms with Crippen molar-refractivity contribution in [3.63, 3.8) is 0 Å². The molecule has 5 nitrogen and oxygen atoms in total. The summed E-state index contributed by atoms with van der Waals surface area (Å²) in [7, 11) is 0. The second-order valence-corrected chi connectivity index (χ2v) is 6.62. The molecule has 0 bridgehead atoms. The van der Waals surface area contributed by atoms with Crippen LogP contribution in [0.4, 0.5) is 5.69 Å². The largest absolute Gasteiger partial charge is 0.372 e. The fourth-order valence-electron chi connectivity index (χ4n) is 3.27. The van der Waals surface area contributed by atoms with Gasteiger partial charge >= 0.3 is 0 Å². The maximum atomic E-state index is 12.2. The second kappa shape index (κ2) is 7.91. The molecule has 0 saturated carbocycles. The first kappa shape index (κ1) is 17.1. The van der Waals surface area contributed by atoms with Gasteiger partial charge in [-0.2, -0.15) is 5.10 Å². The number of carbonyl (C=O) groups is 1. The number of amides is 1. The number of hydrogen-bond donors (Lipinski definition) is 1. The standard InChI is InChI=1S/C22H22N4O/c27-22(19-7-11-21(12-8-19)26-15-3-4-16-26)24-23-17-18-5-9-20(10-6-18)25-13-1-2-14-25/h3-12,15-17H,1-2,13-14H2,(H,24,27)/b23-17+. The van der Waals surface area contributed by atoms with Gasteiger partial charge in [-0.1, -0.05) is 12.1 Å². The van der Waals surface area contributed by atoms with Crippen molar-refractivity contribution in [2.45, 2.75) is 12.8 Å². The Morgan fingerprint density at radius 2 is 1.52 bits per heavy atom. The number of nitrogens with zero attached hydrogens (tertiary/aromatic N) is 3. The monoisotopic (exact) mass is 358 g/mol. The number of hydrogen-bond acceptors (Lipinski definition) is 3. The lowest BCUT2D eigenvalue weighted by molar-refractivity contribution is 0.0955. The van der Waals surface area contributed by atoms with Gasteiger partial charge in [-0.25, -0.2) is 5.43 Å². The predicted molar refractivity (Wildman–Crippen MR) is 109 cm³/mol. The molecule has 1 aromatic heterocycles. The highest BCUT2D eigenvalue weighted by Crippen LogP contribution is 2.19. The summed E-state index contributed by atoms with van der Waals surface area (Å²) in [5.74, 6) is -0.223. The van der Waals surface area contributed by atoms with E-state index < -0.39 is 0 Å². The van der Waals surface area contributed by atoms with Crippen molar-refractivity contribution >= 4 is 17.8 Å². The minimum absolute atomic E-state index is 0.223. The lowest BCUT2D eigenvalue weighted by Crippen LogP contribution is -2.18. The van der Waals surface area contributed by atoms with Gasteiger partial charge in [-0.3, -0.25) is 4.79 Å². The minimum atomic E-state index is -0.223. The normalized spacial score (nSPS) is 14.0. The smallest absolute Gasteiger partial charge is 0.271 e. The average Bonchev–Trinajstić information content (AvgIpc) is 3.43. The third kappa shape index (κ3) is 4.08. The number of rotatable bonds is 5. The van der Waals surface area contributed by atoms with E-state index in [-0.39, 0.29) is 5.91 Å². The molecule has 5 heteroatoms. The van der Waals surface area contributed by atoms with Crippen molar-refractivity contribution < 1.29 is 4.79 Å². The third-order valence-electron chi connectivity index (χ3n) is 4.78. The van der Waals surface area contributed by atoms with Crippen molar-refractivity contribution in [3.8, 4) is 5.69 Å². The van der Waals surface area contributed by atoms with Crippen molar-refractivity contribution in [2.75, 3.05) is 18.0 Å². The maximum Gasteiger partial charge on any atom is 0.271 e. The summed E-state index contributed by atoms with van der Waals surface area (Å²) in [6.45, 7) is 2.26. The van der Waals surface area contributed by atoms with Gasteiger partial charge in [0.25, 0.3) is 5.91 Å². The summed E-state index contributed by atoms with van der Waals surface area (Å²) in [5, 5.41) is 4.07. The molecule has 136 valence electrons. The SMILES string of the molecule is O=C(N/N=C/c1ccc(N2CCCC2)cc1)c1ccc(-n2cccc2)cc1. The molecule has 0 atom stereocenters. The molecule has 1 amide bonds. The Hall–Kier alpha value is -3.34. The first-order valence-electron chi connectivity index (χ1n) is 9.21. The van der Waals surface area contributed by atoms with Gasteiger partial charge in [0.2, 0.25) is 0 Å². The van der Waals surface area contributed by atoms with Crippen molar-refractivity contribution in [1.82, 2.24) is 9.99 Å². The highest BCUT2D eigenvalue weighted by molar-refractivity contribution is 5.95. The lowest BCUT2D eigenvalue weighted by atomic mass is 10.2. The van der Waals surface area contributed by atoms with Crippen LogP contribution >= 0.6 is 0 Å². The van der Waals surface area contributed by atoms with E-state index in [0.29, 0.717) is 5.56 Å². The number of aromatic nitrogens is 1. The Balaban J connectivity index is 1.34. The summed E-state index contributed by atoms with van der Waals surface area (Å²) < 4.78 is 1.99. The van der Waals surface area contributed by atoms with Gasteiger partial charge in [0.15, 0.2) is 0 Å². The molecule has 4 rings (SSSR count). The summed E-state index contributed by atoms with van der Waals surface area (Å²) in [4.78, 5) is 14.6. The second-order valence-electron chi connectivity index (χ2n) is 6.62. The number of nitrogens with one attached hydrogen (secondary N) is 1. The number of carbonyl (C=O) groups excluding carboxylic acids is 1. The van der Waals surface area contributed by atoms with Crippen molar-refractivity contribution in [1.29, 1.82) is 0 Å². The summed E-state index contributed by atoms with van der Waals surface area (Å²) in [5.41, 5.74) is 6.38. The topological polar surface area (TPSA) is 49.6 Å².